The third-order valence-corrected chi connectivity index (χ3v) is 5.23. The Bertz CT molecular complexity index is 790. The summed E-state index contributed by atoms with van der Waals surface area (Å²) in [5.41, 5.74) is 5.54. The van der Waals surface area contributed by atoms with Crippen molar-refractivity contribution >= 4 is 11.8 Å². The number of hydrogen-bond donors (Lipinski definition) is 0. The standard InChI is InChI=1S/C20H16S/c1-14-11-12-17-19(13-14)21-18-10-6-5-9-16(18)20(17)15-7-3-2-4-8-15/h2-13,20H,1H3. The van der Waals surface area contributed by atoms with Gasteiger partial charge in [-0.15, -0.1) is 0 Å². The maximum atomic E-state index is 2.31. The molecule has 3 aromatic carbocycles. The molecule has 0 saturated heterocycles. The summed E-state index contributed by atoms with van der Waals surface area (Å²) in [5, 5.41) is 0. The average molecular weight is 288 g/mol. The van der Waals surface area contributed by atoms with Crippen LogP contribution in [-0.4, -0.2) is 0 Å². The minimum atomic E-state index is 0.347. The molecule has 0 saturated carbocycles. The van der Waals surface area contributed by atoms with Gasteiger partial charge in [-0.05, 0) is 41.3 Å². The lowest BCUT2D eigenvalue weighted by molar-refractivity contribution is 0.900. The van der Waals surface area contributed by atoms with E-state index in [1.807, 2.05) is 11.8 Å². The molecule has 0 amide bonds. The Hall–Kier alpha value is -1.99. The van der Waals surface area contributed by atoms with Crippen molar-refractivity contribution in [3.63, 3.8) is 0 Å². The van der Waals surface area contributed by atoms with Crippen molar-refractivity contribution in [1.29, 1.82) is 0 Å². The highest BCUT2D eigenvalue weighted by molar-refractivity contribution is 7.99. The van der Waals surface area contributed by atoms with E-state index in [1.165, 1.54) is 32.0 Å². The summed E-state index contributed by atoms with van der Waals surface area (Å²) >= 11 is 1.90. The smallest absolute Gasteiger partial charge is 0.0362 e. The fourth-order valence-corrected chi connectivity index (χ4v) is 4.31. The first kappa shape index (κ1) is 12.7. The molecule has 0 nitrogen and oxygen atoms in total. The van der Waals surface area contributed by atoms with Gasteiger partial charge in [-0.2, -0.15) is 0 Å². The van der Waals surface area contributed by atoms with Gasteiger partial charge in [-0.25, -0.2) is 0 Å². The predicted octanol–water partition coefficient (Wildman–Crippen LogP) is 5.64. The summed E-state index contributed by atoms with van der Waals surface area (Å²) in [7, 11) is 0. The summed E-state index contributed by atoms with van der Waals surface area (Å²) < 4.78 is 0. The molecule has 21 heavy (non-hydrogen) atoms. The zero-order valence-corrected chi connectivity index (χ0v) is 12.7. The van der Waals surface area contributed by atoms with Crippen LogP contribution in [0.2, 0.25) is 0 Å². The predicted molar refractivity (Wildman–Crippen MR) is 89.1 cm³/mol. The lowest BCUT2D eigenvalue weighted by atomic mass is 9.84. The molecule has 0 fully saturated rings. The van der Waals surface area contributed by atoms with Crippen LogP contribution in [0, 0.1) is 6.92 Å². The Kier molecular flexibility index (Phi) is 3.08. The van der Waals surface area contributed by atoms with Crippen LogP contribution in [0.4, 0.5) is 0 Å². The molecule has 0 aliphatic carbocycles. The number of rotatable bonds is 1. The molecule has 1 heteroatoms. The van der Waals surface area contributed by atoms with Crippen LogP contribution in [0.1, 0.15) is 28.2 Å². The maximum absolute atomic E-state index is 2.31. The maximum Gasteiger partial charge on any atom is 0.0362 e. The van der Waals surface area contributed by atoms with E-state index in [9.17, 15) is 0 Å². The van der Waals surface area contributed by atoms with E-state index in [1.54, 1.807) is 0 Å². The molecular weight excluding hydrogens is 272 g/mol. The minimum absolute atomic E-state index is 0.347. The Morgan fingerprint density at radius 2 is 1.43 bits per heavy atom. The van der Waals surface area contributed by atoms with E-state index in [2.05, 4.69) is 79.7 Å². The fraction of sp³-hybridized carbons (Fsp3) is 0.100. The molecule has 102 valence electrons. The second-order valence-corrected chi connectivity index (χ2v) is 6.61. The topological polar surface area (TPSA) is 0 Å². The monoisotopic (exact) mass is 288 g/mol. The van der Waals surface area contributed by atoms with E-state index in [0.29, 0.717) is 5.92 Å². The zero-order valence-electron chi connectivity index (χ0n) is 11.9. The van der Waals surface area contributed by atoms with Gasteiger partial charge in [0.1, 0.15) is 0 Å². The Balaban J connectivity index is 1.97. The molecule has 0 aromatic heterocycles. The van der Waals surface area contributed by atoms with Crippen LogP contribution >= 0.6 is 11.8 Å². The van der Waals surface area contributed by atoms with Gasteiger partial charge in [0.05, 0.1) is 0 Å². The molecule has 1 aliphatic heterocycles. The fourth-order valence-electron chi connectivity index (χ4n) is 3.07. The number of benzene rings is 3. The molecule has 0 bridgehead atoms. The van der Waals surface area contributed by atoms with Crippen LogP contribution in [0.5, 0.6) is 0 Å². The summed E-state index contributed by atoms with van der Waals surface area (Å²) in [5.74, 6) is 0.347. The van der Waals surface area contributed by atoms with Crippen LogP contribution in [0.3, 0.4) is 0 Å². The van der Waals surface area contributed by atoms with E-state index < -0.39 is 0 Å². The molecular formula is C20H16S. The Morgan fingerprint density at radius 3 is 2.29 bits per heavy atom. The molecule has 1 heterocycles. The number of fused-ring (bicyclic) bond motifs is 2. The first-order chi connectivity index (χ1) is 10.3. The number of aryl methyl sites for hydroxylation is 1. The molecule has 0 radical (unpaired) electrons. The largest absolute Gasteiger partial charge is 0.0894 e. The quantitative estimate of drug-likeness (QED) is 0.437. The molecule has 3 aromatic rings. The van der Waals surface area contributed by atoms with Crippen LogP contribution in [0.15, 0.2) is 82.6 Å². The lowest BCUT2D eigenvalue weighted by Gasteiger charge is -2.28. The highest BCUT2D eigenvalue weighted by Crippen LogP contribution is 2.48. The molecule has 1 aliphatic rings. The van der Waals surface area contributed by atoms with Crippen molar-refractivity contribution in [2.75, 3.05) is 0 Å². The van der Waals surface area contributed by atoms with Gasteiger partial charge in [-0.1, -0.05) is 72.4 Å². The first-order valence-corrected chi connectivity index (χ1v) is 8.07. The highest BCUT2D eigenvalue weighted by Gasteiger charge is 2.27. The second kappa shape index (κ2) is 5.09. The molecule has 4 rings (SSSR count). The molecule has 0 spiro atoms. The van der Waals surface area contributed by atoms with Crippen LogP contribution in [0.25, 0.3) is 0 Å². The normalized spacial score (nSPS) is 16.1. The Labute approximate surface area is 129 Å². The van der Waals surface area contributed by atoms with Gasteiger partial charge in [0.25, 0.3) is 0 Å². The van der Waals surface area contributed by atoms with E-state index in [4.69, 9.17) is 0 Å². The van der Waals surface area contributed by atoms with Crippen molar-refractivity contribution in [3.05, 3.63) is 95.1 Å². The lowest BCUT2D eigenvalue weighted by Crippen LogP contribution is -2.10. The van der Waals surface area contributed by atoms with Crippen molar-refractivity contribution in [2.45, 2.75) is 22.6 Å². The van der Waals surface area contributed by atoms with Crippen molar-refractivity contribution in [2.24, 2.45) is 0 Å². The SMILES string of the molecule is Cc1ccc2c(c1)Sc1ccccc1C2c1ccccc1. The summed E-state index contributed by atoms with van der Waals surface area (Å²) in [6.07, 6.45) is 0. The number of hydrogen-bond acceptors (Lipinski definition) is 1. The van der Waals surface area contributed by atoms with E-state index >= 15 is 0 Å². The third-order valence-electron chi connectivity index (χ3n) is 4.06. The minimum Gasteiger partial charge on any atom is -0.0894 e. The van der Waals surface area contributed by atoms with Crippen molar-refractivity contribution in [3.8, 4) is 0 Å². The van der Waals surface area contributed by atoms with Gasteiger partial charge in [0.2, 0.25) is 0 Å². The molecule has 0 N–H and O–H groups in total. The molecule has 1 atom stereocenters. The summed E-state index contributed by atoms with van der Waals surface area (Å²) in [4.78, 5) is 2.77. The summed E-state index contributed by atoms with van der Waals surface area (Å²) in [6.45, 7) is 2.17. The van der Waals surface area contributed by atoms with Crippen molar-refractivity contribution in [1.82, 2.24) is 0 Å². The summed E-state index contributed by atoms with van der Waals surface area (Å²) in [6, 6.07) is 26.4. The zero-order chi connectivity index (χ0) is 14.2. The average Bonchev–Trinajstić information content (AvgIpc) is 2.53. The van der Waals surface area contributed by atoms with E-state index in [0.717, 1.165) is 0 Å². The molecule has 1 unspecified atom stereocenters. The highest BCUT2D eigenvalue weighted by atomic mass is 32.2. The third kappa shape index (κ3) is 2.18. The first-order valence-electron chi connectivity index (χ1n) is 7.25. The van der Waals surface area contributed by atoms with Crippen LogP contribution < -0.4 is 0 Å². The van der Waals surface area contributed by atoms with Gasteiger partial charge in [0.15, 0.2) is 0 Å². The van der Waals surface area contributed by atoms with E-state index in [-0.39, 0.29) is 0 Å². The van der Waals surface area contributed by atoms with Gasteiger partial charge < -0.3 is 0 Å². The second-order valence-electron chi connectivity index (χ2n) is 5.52. The van der Waals surface area contributed by atoms with Gasteiger partial charge in [-0.3, -0.25) is 0 Å². The van der Waals surface area contributed by atoms with Crippen molar-refractivity contribution < 1.29 is 0 Å². The Morgan fingerprint density at radius 1 is 0.714 bits per heavy atom. The van der Waals surface area contributed by atoms with Crippen LogP contribution in [-0.2, 0) is 0 Å². The van der Waals surface area contributed by atoms with Gasteiger partial charge in [0, 0.05) is 15.7 Å². The van der Waals surface area contributed by atoms with Gasteiger partial charge >= 0.3 is 0 Å².